The zero-order valence-corrected chi connectivity index (χ0v) is 24.1. The van der Waals surface area contributed by atoms with Gasteiger partial charge < -0.3 is 10.1 Å². The number of halogens is 1. The number of ether oxygens (including phenoxy) is 1. The van der Waals surface area contributed by atoms with Gasteiger partial charge in [-0.25, -0.2) is 13.2 Å². The smallest absolute Gasteiger partial charge is 0.338 e. The predicted molar refractivity (Wildman–Crippen MR) is 158 cm³/mol. The van der Waals surface area contributed by atoms with Gasteiger partial charge in [-0.2, -0.15) is 8.42 Å². The van der Waals surface area contributed by atoms with E-state index in [9.17, 15) is 21.6 Å². The summed E-state index contributed by atoms with van der Waals surface area (Å²) in [5, 5.41) is 3.44. The normalized spacial score (nSPS) is 13.7. The molecule has 1 aliphatic rings. The van der Waals surface area contributed by atoms with Gasteiger partial charge in [0.1, 0.15) is 11.5 Å². The number of nitrogens with zero attached hydrogens (tertiary/aromatic N) is 2. The fraction of sp³-hybridized carbons (Fsp3) is 0.103. The molecule has 0 saturated carbocycles. The number of benzene rings is 4. The number of esters is 1. The van der Waals surface area contributed by atoms with Crippen molar-refractivity contribution in [2.75, 3.05) is 22.8 Å². The molecule has 0 spiro atoms. The Bertz CT molecular complexity index is 1840. The first-order chi connectivity index (χ1) is 19.5. The van der Waals surface area contributed by atoms with Crippen LogP contribution >= 0.6 is 11.6 Å². The summed E-state index contributed by atoms with van der Waals surface area (Å²) in [6.07, 6.45) is 0. The third-order valence-electron chi connectivity index (χ3n) is 6.27. The lowest BCUT2D eigenvalue weighted by Crippen LogP contribution is -2.34. The first-order valence-electron chi connectivity index (χ1n) is 12.4. The average molecular weight is 610 g/mol. The van der Waals surface area contributed by atoms with Crippen LogP contribution in [0.2, 0.25) is 5.02 Å². The first kappa shape index (κ1) is 28.3. The third kappa shape index (κ3) is 6.12. The highest BCUT2D eigenvalue weighted by Crippen LogP contribution is 2.28. The molecule has 1 heterocycles. The van der Waals surface area contributed by atoms with E-state index < -0.39 is 26.0 Å². The predicted octanol–water partition coefficient (Wildman–Crippen LogP) is 5.26. The second kappa shape index (κ2) is 11.4. The molecule has 1 N–H and O–H groups in total. The van der Waals surface area contributed by atoms with E-state index in [1.165, 1.54) is 46.8 Å². The van der Waals surface area contributed by atoms with E-state index in [2.05, 4.69) is 9.71 Å². The van der Waals surface area contributed by atoms with E-state index in [0.29, 0.717) is 27.5 Å². The molecule has 4 aromatic rings. The lowest BCUT2D eigenvalue weighted by atomic mass is 10.2. The molecular weight excluding hydrogens is 586 g/mol. The molecule has 1 aliphatic heterocycles. The van der Waals surface area contributed by atoms with Crippen molar-refractivity contribution in [2.24, 2.45) is 4.40 Å². The molecule has 12 heteroatoms. The molecule has 210 valence electrons. The van der Waals surface area contributed by atoms with Gasteiger partial charge in [-0.15, -0.1) is 4.40 Å². The van der Waals surface area contributed by atoms with E-state index in [4.69, 9.17) is 16.3 Å². The maximum Gasteiger partial charge on any atom is 0.338 e. The number of aryl methyl sites for hydroxylation is 1. The maximum atomic E-state index is 13.8. The van der Waals surface area contributed by atoms with Crippen molar-refractivity contribution in [2.45, 2.75) is 16.7 Å². The van der Waals surface area contributed by atoms with E-state index in [0.717, 1.165) is 5.56 Å². The number of fused-ring (bicyclic) bond motifs is 1. The van der Waals surface area contributed by atoms with Gasteiger partial charge in [0.25, 0.3) is 20.0 Å². The SMILES string of the molecule is Cc1ccc(N(CCOC(=O)c2ccc(Cl)cc2)S(=O)(=O)c2ccc(NC3=NS(=O)(=O)c4ccccc43)cc2)cc1. The summed E-state index contributed by atoms with van der Waals surface area (Å²) in [7, 11) is -7.88. The van der Waals surface area contributed by atoms with Crippen LogP contribution in [0.4, 0.5) is 11.4 Å². The molecule has 0 unspecified atom stereocenters. The van der Waals surface area contributed by atoms with Crippen LogP contribution in [0, 0.1) is 6.92 Å². The van der Waals surface area contributed by atoms with Crippen LogP contribution in [0.1, 0.15) is 21.5 Å². The zero-order chi connectivity index (χ0) is 29.2. The topological polar surface area (TPSA) is 122 Å². The fourth-order valence-corrected chi connectivity index (χ4v) is 6.91. The number of hydrogen-bond acceptors (Lipinski definition) is 7. The van der Waals surface area contributed by atoms with Crippen molar-refractivity contribution in [1.29, 1.82) is 0 Å². The van der Waals surface area contributed by atoms with Crippen LogP contribution in [-0.2, 0) is 24.8 Å². The standard InChI is InChI=1S/C29H24ClN3O6S2/c1-20-6-14-24(15-7-20)33(18-19-39-29(34)21-8-10-22(30)11-9-21)41(37,38)25-16-12-23(13-17-25)31-28-26-4-2-3-5-27(26)40(35,36)32-28/h2-17H,18-19H2,1H3,(H,31,32). The fourth-order valence-electron chi connectivity index (χ4n) is 4.16. The Kier molecular flexibility index (Phi) is 7.85. The number of amidine groups is 1. The summed E-state index contributed by atoms with van der Waals surface area (Å²) in [4.78, 5) is 12.5. The number of nitrogens with one attached hydrogen (secondary N) is 1. The van der Waals surface area contributed by atoms with E-state index in [1.807, 2.05) is 6.92 Å². The maximum absolute atomic E-state index is 13.8. The number of hydrogen-bond donors (Lipinski definition) is 1. The third-order valence-corrected chi connectivity index (χ3v) is 9.69. The van der Waals surface area contributed by atoms with Gasteiger partial charge in [-0.1, -0.05) is 41.4 Å². The highest BCUT2D eigenvalue weighted by atomic mass is 35.5. The number of carbonyl (C=O) groups is 1. The van der Waals surface area contributed by atoms with Gasteiger partial charge in [0, 0.05) is 16.3 Å². The Morgan fingerprint density at radius 1 is 0.927 bits per heavy atom. The first-order valence-corrected chi connectivity index (χ1v) is 15.6. The summed E-state index contributed by atoms with van der Waals surface area (Å²) >= 11 is 5.87. The van der Waals surface area contributed by atoms with Gasteiger partial charge in [0.15, 0.2) is 5.84 Å². The van der Waals surface area contributed by atoms with Crippen LogP contribution in [0.25, 0.3) is 0 Å². The van der Waals surface area contributed by atoms with Crippen LogP contribution in [0.3, 0.4) is 0 Å². The Hall–Kier alpha value is -4.19. The van der Waals surface area contributed by atoms with Crippen molar-refractivity contribution in [3.05, 3.63) is 119 Å². The molecule has 0 aliphatic carbocycles. The minimum atomic E-state index is -4.08. The van der Waals surface area contributed by atoms with Gasteiger partial charge in [-0.05, 0) is 79.7 Å². The minimum Gasteiger partial charge on any atom is -0.460 e. The Morgan fingerprint density at radius 3 is 2.27 bits per heavy atom. The Morgan fingerprint density at radius 2 is 1.59 bits per heavy atom. The minimum absolute atomic E-state index is 0.00552. The summed E-state index contributed by atoms with van der Waals surface area (Å²) in [6.45, 7) is 1.57. The highest BCUT2D eigenvalue weighted by Gasteiger charge is 2.29. The number of carbonyl (C=O) groups excluding carboxylic acids is 1. The molecule has 41 heavy (non-hydrogen) atoms. The van der Waals surface area contributed by atoms with Gasteiger partial charge in [0.2, 0.25) is 0 Å². The molecule has 0 atom stereocenters. The molecule has 0 saturated heterocycles. The summed E-state index contributed by atoms with van der Waals surface area (Å²) < 4.78 is 62.5. The molecule has 5 rings (SSSR count). The second-order valence-electron chi connectivity index (χ2n) is 9.12. The van der Waals surface area contributed by atoms with Crippen molar-refractivity contribution in [3.63, 3.8) is 0 Å². The number of rotatable bonds is 8. The van der Waals surface area contributed by atoms with Crippen molar-refractivity contribution in [1.82, 2.24) is 0 Å². The van der Waals surface area contributed by atoms with Crippen molar-refractivity contribution in [3.8, 4) is 0 Å². The largest absolute Gasteiger partial charge is 0.460 e. The lowest BCUT2D eigenvalue weighted by molar-refractivity contribution is 0.0517. The molecule has 4 aromatic carbocycles. The van der Waals surface area contributed by atoms with Crippen LogP contribution in [0.15, 0.2) is 111 Å². The van der Waals surface area contributed by atoms with E-state index in [-0.39, 0.29) is 28.8 Å². The molecule has 0 fully saturated rings. The molecule has 0 bridgehead atoms. The molecule has 0 radical (unpaired) electrons. The molecule has 0 amide bonds. The Balaban J connectivity index is 1.35. The highest BCUT2D eigenvalue weighted by molar-refractivity contribution is 7.92. The van der Waals surface area contributed by atoms with Crippen molar-refractivity contribution >= 4 is 54.8 Å². The summed E-state index contributed by atoms with van der Waals surface area (Å²) in [5.41, 5.74) is 2.54. The van der Waals surface area contributed by atoms with E-state index >= 15 is 0 Å². The molecule has 0 aromatic heterocycles. The van der Waals surface area contributed by atoms with Gasteiger partial charge in [-0.3, -0.25) is 4.31 Å². The van der Waals surface area contributed by atoms with Crippen molar-refractivity contribution < 1.29 is 26.4 Å². The lowest BCUT2D eigenvalue weighted by Gasteiger charge is -2.24. The molecule has 9 nitrogen and oxygen atoms in total. The molecular formula is C29H24ClN3O6S2. The average Bonchev–Trinajstić information content (AvgIpc) is 3.21. The van der Waals surface area contributed by atoms with Crippen LogP contribution < -0.4 is 9.62 Å². The second-order valence-corrected chi connectivity index (χ2v) is 13.0. The van der Waals surface area contributed by atoms with E-state index in [1.54, 1.807) is 54.6 Å². The summed E-state index contributed by atoms with van der Waals surface area (Å²) in [6, 6.07) is 25.4. The Labute approximate surface area is 243 Å². The van der Waals surface area contributed by atoms with Crippen LogP contribution in [-0.4, -0.2) is 41.8 Å². The number of anilines is 2. The number of sulfonamides is 2. The quantitative estimate of drug-likeness (QED) is 0.270. The zero-order valence-electron chi connectivity index (χ0n) is 21.7. The summed E-state index contributed by atoms with van der Waals surface area (Å²) in [5.74, 6) is -0.447. The van der Waals surface area contributed by atoms with Crippen LogP contribution in [0.5, 0.6) is 0 Å². The van der Waals surface area contributed by atoms with Gasteiger partial charge in [0.05, 0.1) is 22.7 Å². The van der Waals surface area contributed by atoms with Gasteiger partial charge >= 0.3 is 5.97 Å². The monoisotopic (exact) mass is 609 g/mol.